The maximum Gasteiger partial charge on any atom is 0.123 e. The van der Waals surface area contributed by atoms with Gasteiger partial charge in [0, 0.05) is 0 Å². The molecule has 84 valence electrons. The normalized spacial score (nSPS) is 11.8. The Balaban J connectivity index is 2.97. The molecule has 0 aliphatic heterocycles. The molecule has 0 fully saturated rings. The number of hydrogen-bond donors (Lipinski definition) is 1. The van der Waals surface area contributed by atoms with Crippen LogP contribution in [-0.2, 0) is 5.41 Å². The molecule has 1 aromatic carbocycles. The second-order valence-electron chi connectivity index (χ2n) is 4.70. The van der Waals surface area contributed by atoms with Crippen LogP contribution in [0.3, 0.4) is 0 Å². The van der Waals surface area contributed by atoms with Gasteiger partial charge in [0.15, 0.2) is 0 Å². The third kappa shape index (κ3) is 3.03. The summed E-state index contributed by atoms with van der Waals surface area (Å²) < 4.78 is 13.2. The average Bonchev–Trinajstić information content (AvgIpc) is 2.18. The minimum Gasteiger partial charge on any atom is -0.320 e. The molecule has 0 saturated heterocycles. The molecule has 0 atom stereocenters. The topological polar surface area (TPSA) is 12.0 Å². The van der Waals surface area contributed by atoms with Gasteiger partial charge >= 0.3 is 0 Å². The molecule has 0 amide bonds. The lowest BCUT2D eigenvalue weighted by Crippen LogP contribution is -2.24. The summed E-state index contributed by atoms with van der Waals surface area (Å²) in [5.41, 5.74) is 2.30. The summed E-state index contributed by atoms with van der Waals surface area (Å²) in [5, 5.41) is 3.13. The van der Waals surface area contributed by atoms with E-state index in [9.17, 15) is 4.39 Å². The Morgan fingerprint density at radius 2 is 2.00 bits per heavy atom. The number of aryl methyl sites for hydroxylation is 1. The molecule has 0 aromatic heterocycles. The number of hydrogen-bond acceptors (Lipinski definition) is 1. The third-order valence-corrected chi connectivity index (χ3v) is 2.93. The average molecular weight is 209 g/mol. The van der Waals surface area contributed by atoms with Crippen molar-refractivity contribution < 1.29 is 4.39 Å². The van der Waals surface area contributed by atoms with Crippen molar-refractivity contribution in [1.82, 2.24) is 5.32 Å². The van der Waals surface area contributed by atoms with Crippen LogP contribution >= 0.6 is 0 Å². The lowest BCUT2D eigenvalue weighted by Gasteiger charge is -2.27. The predicted molar refractivity (Wildman–Crippen MR) is 62.7 cm³/mol. The first kappa shape index (κ1) is 12.2. The molecule has 1 aromatic rings. The monoisotopic (exact) mass is 209 g/mol. The zero-order chi connectivity index (χ0) is 11.5. The van der Waals surface area contributed by atoms with Crippen molar-refractivity contribution in [2.45, 2.75) is 32.6 Å². The van der Waals surface area contributed by atoms with Gasteiger partial charge in [-0.05, 0) is 55.6 Å². The fourth-order valence-corrected chi connectivity index (χ4v) is 1.90. The molecule has 1 N–H and O–H groups in total. The number of benzene rings is 1. The summed E-state index contributed by atoms with van der Waals surface area (Å²) >= 11 is 0. The maximum atomic E-state index is 13.2. The second kappa shape index (κ2) is 4.75. The molecule has 0 heterocycles. The van der Waals surface area contributed by atoms with Crippen molar-refractivity contribution in [3.05, 3.63) is 35.1 Å². The van der Waals surface area contributed by atoms with Crippen molar-refractivity contribution in [3.63, 3.8) is 0 Å². The van der Waals surface area contributed by atoms with Gasteiger partial charge in [0.2, 0.25) is 0 Å². The van der Waals surface area contributed by atoms with Crippen molar-refractivity contribution >= 4 is 0 Å². The van der Waals surface area contributed by atoms with Crippen LogP contribution in [-0.4, -0.2) is 13.6 Å². The molecule has 0 aliphatic rings. The van der Waals surface area contributed by atoms with E-state index in [1.54, 1.807) is 6.07 Å². The summed E-state index contributed by atoms with van der Waals surface area (Å²) in [6.45, 7) is 7.30. The van der Waals surface area contributed by atoms with Gasteiger partial charge in [0.05, 0.1) is 0 Å². The summed E-state index contributed by atoms with van der Waals surface area (Å²) in [4.78, 5) is 0. The number of halogens is 1. The Hall–Kier alpha value is -0.890. The fraction of sp³-hybridized carbons (Fsp3) is 0.538. The van der Waals surface area contributed by atoms with Gasteiger partial charge in [-0.2, -0.15) is 0 Å². The molecule has 0 saturated carbocycles. The lowest BCUT2D eigenvalue weighted by molar-refractivity contribution is 0.463. The maximum absolute atomic E-state index is 13.2. The SMILES string of the molecule is CNCCC(C)(C)c1cc(F)ccc1C. The van der Waals surface area contributed by atoms with Crippen LogP contribution in [0.5, 0.6) is 0 Å². The Morgan fingerprint density at radius 3 is 2.60 bits per heavy atom. The highest BCUT2D eigenvalue weighted by atomic mass is 19.1. The molecule has 0 unspecified atom stereocenters. The van der Waals surface area contributed by atoms with Gasteiger partial charge in [0.25, 0.3) is 0 Å². The smallest absolute Gasteiger partial charge is 0.123 e. The number of rotatable bonds is 4. The van der Waals surface area contributed by atoms with E-state index in [0.29, 0.717) is 0 Å². The molecule has 0 aliphatic carbocycles. The van der Waals surface area contributed by atoms with Crippen LogP contribution in [0.15, 0.2) is 18.2 Å². The van der Waals surface area contributed by atoms with Crippen molar-refractivity contribution in [2.75, 3.05) is 13.6 Å². The van der Waals surface area contributed by atoms with Gasteiger partial charge in [-0.25, -0.2) is 4.39 Å². The molecule has 2 heteroatoms. The molecular weight excluding hydrogens is 189 g/mol. The quantitative estimate of drug-likeness (QED) is 0.803. The summed E-state index contributed by atoms with van der Waals surface area (Å²) in [5.74, 6) is -0.145. The van der Waals surface area contributed by atoms with Gasteiger partial charge < -0.3 is 5.32 Å². The summed E-state index contributed by atoms with van der Waals surface area (Å²) in [7, 11) is 1.94. The van der Waals surface area contributed by atoms with Gasteiger partial charge in [0.1, 0.15) is 5.82 Å². The third-order valence-electron chi connectivity index (χ3n) is 2.93. The zero-order valence-electron chi connectivity index (χ0n) is 10.0. The fourth-order valence-electron chi connectivity index (χ4n) is 1.90. The Kier molecular flexibility index (Phi) is 3.86. The highest BCUT2D eigenvalue weighted by molar-refractivity contribution is 5.32. The van der Waals surface area contributed by atoms with E-state index in [-0.39, 0.29) is 11.2 Å². The first-order chi connectivity index (χ1) is 6.97. The van der Waals surface area contributed by atoms with Crippen LogP contribution in [0, 0.1) is 12.7 Å². The van der Waals surface area contributed by atoms with Crippen molar-refractivity contribution in [2.24, 2.45) is 0 Å². The zero-order valence-corrected chi connectivity index (χ0v) is 10.0. The highest BCUT2D eigenvalue weighted by Crippen LogP contribution is 2.29. The van der Waals surface area contributed by atoms with E-state index < -0.39 is 0 Å². The Labute approximate surface area is 91.7 Å². The molecule has 0 spiro atoms. The molecule has 1 rings (SSSR count). The van der Waals surface area contributed by atoms with E-state index in [1.807, 2.05) is 20.0 Å². The summed E-state index contributed by atoms with van der Waals surface area (Å²) in [6.07, 6.45) is 1.01. The standard InChI is InChI=1S/C13H20FN/c1-10-5-6-11(14)9-12(10)13(2,3)7-8-15-4/h5-6,9,15H,7-8H2,1-4H3. The molecule has 15 heavy (non-hydrogen) atoms. The largest absolute Gasteiger partial charge is 0.320 e. The first-order valence-corrected chi connectivity index (χ1v) is 5.38. The first-order valence-electron chi connectivity index (χ1n) is 5.38. The molecule has 0 bridgehead atoms. The van der Waals surface area contributed by atoms with Crippen molar-refractivity contribution in [1.29, 1.82) is 0 Å². The minimum atomic E-state index is -0.145. The van der Waals surface area contributed by atoms with Crippen LogP contribution in [0.25, 0.3) is 0 Å². The minimum absolute atomic E-state index is 0.0230. The van der Waals surface area contributed by atoms with E-state index in [4.69, 9.17) is 0 Å². The molecule has 0 radical (unpaired) electrons. The molecular formula is C13H20FN. The van der Waals surface area contributed by atoms with Crippen LogP contribution in [0.4, 0.5) is 4.39 Å². The Bertz CT molecular complexity index is 331. The van der Waals surface area contributed by atoms with Crippen molar-refractivity contribution in [3.8, 4) is 0 Å². The van der Waals surface area contributed by atoms with E-state index in [0.717, 1.165) is 24.1 Å². The van der Waals surface area contributed by atoms with Gasteiger partial charge in [-0.15, -0.1) is 0 Å². The predicted octanol–water partition coefficient (Wildman–Crippen LogP) is 3.02. The number of nitrogens with one attached hydrogen (secondary N) is 1. The van der Waals surface area contributed by atoms with Crippen LogP contribution in [0.2, 0.25) is 0 Å². The molecule has 1 nitrogen and oxygen atoms in total. The van der Waals surface area contributed by atoms with E-state index in [2.05, 4.69) is 19.2 Å². The lowest BCUT2D eigenvalue weighted by atomic mass is 9.79. The highest BCUT2D eigenvalue weighted by Gasteiger charge is 2.22. The second-order valence-corrected chi connectivity index (χ2v) is 4.70. The van der Waals surface area contributed by atoms with Gasteiger partial charge in [-0.1, -0.05) is 19.9 Å². The van der Waals surface area contributed by atoms with Gasteiger partial charge in [-0.3, -0.25) is 0 Å². The van der Waals surface area contributed by atoms with Crippen LogP contribution in [0.1, 0.15) is 31.4 Å². The van der Waals surface area contributed by atoms with Crippen LogP contribution < -0.4 is 5.32 Å². The Morgan fingerprint density at radius 1 is 1.33 bits per heavy atom. The summed E-state index contributed by atoms with van der Waals surface area (Å²) in [6, 6.07) is 5.03. The van der Waals surface area contributed by atoms with E-state index >= 15 is 0 Å². The van der Waals surface area contributed by atoms with E-state index in [1.165, 1.54) is 6.07 Å².